The minimum Gasteiger partial charge on any atom is -0.462 e. The molecule has 9 atom stereocenters. The summed E-state index contributed by atoms with van der Waals surface area (Å²) in [4.78, 5) is 39.6. The molecular weight excluding hydrogens is 486 g/mol. The topological polar surface area (TPSA) is 72.5 Å². The van der Waals surface area contributed by atoms with E-state index in [1.54, 1.807) is 0 Å². The quantitative estimate of drug-likeness (QED) is 0.391. The maximum Gasteiger partial charge on any atom is 0.302 e. The van der Waals surface area contributed by atoms with Crippen molar-refractivity contribution >= 4 is 17.7 Å². The Morgan fingerprint density at radius 2 is 1.56 bits per heavy atom. The van der Waals surface area contributed by atoms with Gasteiger partial charge in [-0.1, -0.05) is 47.1 Å². The fourth-order valence-corrected chi connectivity index (χ4v) is 10.9. The highest BCUT2D eigenvalue weighted by molar-refractivity contribution is 5.95. The molecule has 0 saturated heterocycles. The van der Waals surface area contributed by atoms with E-state index >= 15 is 0 Å². The number of fused-ring (bicyclic) bond motifs is 7. The van der Waals surface area contributed by atoms with E-state index in [9.17, 15) is 14.4 Å². The van der Waals surface area contributed by atoms with Gasteiger partial charge in [-0.3, -0.25) is 14.4 Å². The average Bonchev–Trinajstić information content (AvgIpc) is 2.80. The summed E-state index contributed by atoms with van der Waals surface area (Å²) in [6, 6.07) is 0.132. The first-order valence-electron chi connectivity index (χ1n) is 15.7. The average molecular weight is 540 g/mol. The number of allylic oxidation sites excluding steroid dienone is 2. The molecular formula is C34H53NO4. The summed E-state index contributed by atoms with van der Waals surface area (Å²) in [5.74, 6) is 1.32. The predicted octanol–water partition coefficient (Wildman–Crippen LogP) is 7.03. The molecule has 4 saturated carbocycles. The van der Waals surface area contributed by atoms with Gasteiger partial charge in [0.15, 0.2) is 5.78 Å². The van der Waals surface area contributed by atoms with Gasteiger partial charge in [-0.25, -0.2) is 0 Å². The van der Waals surface area contributed by atoms with E-state index in [0.29, 0.717) is 17.6 Å². The van der Waals surface area contributed by atoms with Crippen molar-refractivity contribution in [1.29, 1.82) is 0 Å². The van der Waals surface area contributed by atoms with E-state index in [1.165, 1.54) is 18.9 Å². The molecule has 0 bridgehead atoms. The molecule has 0 aromatic carbocycles. The molecule has 0 radical (unpaired) electrons. The molecule has 0 aromatic heterocycles. The standard InChI is InChI=1S/C34H53NO4/c1-20(2)35-29(38)32(7)17-16-31(6)13-10-23-22(24(31)19-32)18-25(37)28-33(23,8)14-11-26-30(4,5)27(39-21(3)36)12-15-34(26,28)9/h18,20,23-24,26-28H,10-17,19H2,1-9H3,(H,35,38)/t23?,24-,26-,27-,28-,31-,32-,33-,34-/m0/s1. The number of ketones is 1. The van der Waals surface area contributed by atoms with Gasteiger partial charge in [0.2, 0.25) is 5.91 Å². The Morgan fingerprint density at radius 1 is 0.897 bits per heavy atom. The lowest BCUT2D eigenvalue weighted by atomic mass is 9.37. The first kappa shape index (κ1) is 28.9. The minimum absolute atomic E-state index is 0.00127. The molecule has 0 aromatic rings. The molecule has 1 N–H and O–H groups in total. The summed E-state index contributed by atoms with van der Waals surface area (Å²) in [5.41, 5.74) is 0.808. The summed E-state index contributed by atoms with van der Waals surface area (Å²) in [5, 5.41) is 3.20. The van der Waals surface area contributed by atoms with Crippen LogP contribution in [-0.2, 0) is 19.1 Å². The Morgan fingerprint density at radius 3 is 2.21 bits per heavy atom. The van der Waals surface area contributed by atoms with Crippen LogP contribution in [-0.4, -0.2) is 29.8 Å². The van der Waals surface area contributed by atoms with Crippen LogP contribution in [0, 0.1) is 50.7 Å². The maximum absolute atomic E-state index is 14.4. The Hall–Kier alpha value is -1.65. The van der Waals surface area contributed by atoms with Crippen molar-refractivity contribution in [1.82, 2.24) is 5.32 Å². The number of hydrogen-bond acceptors (Lipinski definition) is 4. The van der Waals surface area contributed by atoms with Crippen LogP contribution in [0.5, 0.6) is 0 Å². The maximum atomic E-state index is 14.4. The van der Waals surface area contributed by atoms with Gasteiger partial charge < -0.3 is 10.1 Å². The van der Waals surface area contributed by atoms with Crippen molar-refractivity contribution in [3.8, 4) is 0 Å². The third kappa shape index (κ3) is 4.26. The van der Waals surface area contributed by atoms with Crippen LogP contribution in [0.25, 0.3) is 0 Å². The van der Waals surface area contributed by atoms with Crippen molar-refractivity contribution in [2.75, 3.05) is 0 Å². The van der Waals surface area contributed by atoms with E-state index in [0.717, 1.165) is 51.4 Å². The van der Waals surface area contributed by atoms with Crippen LogP contribution >= 0.6 is 0 Å². The van der Waals surface area contributed by atoms with Gasteiger partial charge >= 0.3 is 5.97 Å². The second kappa shape index (κ2) is 9.18. The molecule has 5 rings (SSSR count). The Labute approximate surface area is 236 Å². The van der Waals surface area contributed by atoms with Crippen LogP contribution < -0.4 is 5.32 Å². The number of hydrogen-bond donors (Lipinski definition) is 1. The largest absolute Gasteiger partial charge is 0.462 e. The third-order valence-corrected chi connectivity index (χ3v) is 13.0. The fraction of sp³-hybridized carbons (Fsp3) is 0.853. The second-order valence-electron chi connectivity index (χ2n) is 16.2. The predicted molar refractivity (Wildman–Crippen MR) is 154 cm³/mol. The number of rotatable bonds is 3. The van der Waals surface area contributed by atoms with Crippen LogP contribution in [0.1, 0.15) is 120 Å². The number of nitrogens with one attached hydrogen (secondary N) is 1. The first-order valence-corrected chi connectivity index (χ1v) is 15.7. The Balaban J connectivity index is 1.50. The van der Waals surface area contributed by atoms with E-state index in [1.807, 2.05) is 13.8 Å². The Kier molecular flexibility index (Phi) is 6.79. The lowest BCUT2D eigenvalue weighted by Gasteiger charge is -2.67. The SMILES string of the molecule is CC(=O)O[C@H]1CC[C@]2(C)[C@H]3C(=O)C=C4C(CC[C@@]5(C)CC[C@](C)(C(=O)NC(C)C)C[C@@H]45)[C@]3(C)CC[C@H]2C1(C)C. The van der Waals surface area contributed by atoms with Gasteiger partial charge in [-0.2, -0.15) is 0 Å². The van der Waals surface area contributed by atoms with E-state index < -0.39 is 0 Å². The molecule has 0 heterocycles. The van der Waals surface area contributed by atoms with E-state index in [-0.39, 0.29) is 62.9 Å². The highest BCUT2D eigenvalue weighted by Gasteiger charge is 2.67. The summed E-state index contributed by atoms with van der Waals surface area (Å²) in [6.45, 7) is 19.5. The number of amides is 1. The van der Waals surface area contributed by atoms with Crippen LogP contribution in [0.3, 0.4) is 0 Å². The summed E-state index contributed by atoms with van der Waals surface area (Å²) in [6.07, 6.45) is 11.0. The van der Waals surface area contributed by atoms with Crippen molar-refractivity contribution in [2.45, 2.75) is 132 Å². The van der Waals surface area contributed by atoms with Gasteiger partial charge in [0.25, 0.3) is 0 Å². The zero-order valence-corrected chi connectivity index (χ0v) is 26.0. The zero-order valence-electron chi connectivity index (χ0n) is 26.0. The Bertz CT molecular complexity index is 1090. The highest BCUT2D eigenvalue weighted by atomic mass is 16.5. The number of carbonyl (C=O) groups excluding carboxylic acids is 3. The van der Waals surface area contributed by atoms with Crippen molar-refractivity contribution in [2.24, 2.45) is 50.7 Å². The summed E-state index contributed by atoms with van der Waals surface area (Å²) in [7, 11) is 0. The molecule has 5 aliphatic carbocycles. The van der Waals surface area contributed by atoms with Gasteiger partial charge in [-0.05, 0) is 112 Å². The first-order chi connectivity index (χ1) is 18.0. The fourth-order valence-electron chi connectivity index (χ4n) is 10.9. The number of carbonyl (C=O) groups is 3. The lowest BCUT2D eigenvalue weighted by Crippen LogP contribution is -2.64. The smallest absolute Gasteiger partial charge is 0.302 e. The van der Waals surface area contributed by atoms with Gasteiger partial charge in [-0.15, -0.1) is 0 Å². The molecule has 0 spiro atoms. The molecule has 1 amide bonds. The normalized spacial score (nSPS) is 46.7. The van der Waals surface area contributed by atoms with Gasteiger partial charge in [0, 0.05) is 29.7 Å². The summed E-state index contributed by atoms with van der Waals surface area (Å²) < 4.78 is 5.84. The molecule has 5 heteroatoms. The summed E-state index contributed by atoms with van der Waals surface area (Å²) >= 11 is 0. The third-order valence-electron chi connectivity index (χ3n) is 13.0. The van der Waals surface area contributed by atoms with Crippen molar-refractivity contribution < 1.29 is 19.1 Å². The second-order valence-corrected chi connectivity index (χ2v) is 16.2. The number of ether oxygens (including phenoxy) is 1. The number of esters is 1. The zero-order chi connectivity index (χ0) is 28.8. The van der Waals surface area contributed by atoms with Crippen molar-refractivity contribution in [3.63, 3.8) is 0 Å². The molecule has 1 unspecified atom stereocenters. The van der Waals surface area contributed by atoms with Gasteiger partial charge in [0.05, 0.1) is 0 Å². The molecule has 5 nitrogen and oxygen atoms in total. The van der Waals surface area contributed by atoms with Crippen molar-refractivity contribution in [3.05, 3.63) is 11.6 Å². The molecule has 4 fully saturated rings. The monoisotopic (exact) mass is 539 g/mol. The van der Waals surface area contributed by atoms with E-state index in [2.05, 4.69) is 52.9 Å². The van der Waals surface area contributed by atoms with Crippen LogP contribution in [0.2, 0.25) is 0 Å². The molecule has 0 aliphatic heterocycles. The highest BCUT2D eigenvalue weighted by Crippen LogP contribution is 2.71. The van der Waals surface area contributed by atoms with Gasteiger partial charge in [0.1, 0.15) is 6.10 Å². The lowest BCUT2D eigenvalue weighted by molar-refractivity contribution is -0.200. The molecule has 218 valence electrons. The van der Waals surface area contributed by atoms with Crippen LogP contribution in [0.4, 0.5) is 0 Å². The van der Waals surface area contributed by atoms with E-state index in [4.69, 9.17) is 4.74 Å². The van der Waals surface area contributed by atoms with Crippen LogP contribution in [0.15, 0.2) is 11.6 Å². The molecule has 39 heavy (non-hydrogen) atoms. The molecule has 5 aliphatic rings. The minimum atomic E-state index is -0.388.